The Balaban J connectivity index is 2.53. The number of hydrogen-bond donors (Lipinski definition) is 0. The second-order valence-corrected chi connectivity index (χ2v) is 4.68. The lowest BCUT2D eigenvalue weighted by Gasteiger charge is -2.11. The molecule has 1 aromatic carbocycles. The number of alkyl halides is 3. The average Bonchev–Trinajstić information content (AvgIpc) is 2.27. The first-order valence-electron chi connectivity index (χ1n) is 5.46. The van der Waals surface area contributed by atoms with E-state index in [4.69, 9.17) is 14.2 Å². The van der Waals surface area contributed by atoms with Crippen molar-refractivity contribution in [2.75, 3.05) is 20.5 Å². The molecule has 1 aromatic rings. The normalized spacial score (nSPS) is 11.6. The minimum absolute atomic E-state index is 0.150. The maximum absolute atomic E-state index is 12.0. The zero-order valence-electron chi connectivity index (χ0n) is 10.3. The van der Waals surface area contributed by atoms with Crippen LogP contribution in [0, 0.1) is 0 Å². The van der Waals surface area contributed by atoms with E-state index in [2.05, 4.69) is 15.9 Å². The van der Waals surface area contributed by atoms with Gasteiger partial charge in [-0.15, -0.1) is 0 Å². The number of methoxy groups -OCH3 is 1. The number of halogens is 4. The molecule has 0 fully saturated rings. The summed E-state index contributed by atoms with van der Waals surface area (Å²) in [6.45, 7) is 0.0397. The minimum atomic E-state index is -4.21. The number of ether oxygens (including phenoxy) is 3. The first-order valence-corrected chi connectivity index (χ1v) is 6.26. The van der Waals surface area contributed by atoms with E-state index >= 15 is 0 Å². The molecule has 19 heavy (non-hydrogen) atoms. The fourth-order valence-electron chi connectivity index (χ4n) is 1.31. The monoisotopic (exact) mass is 342 g/mol. The lowest BCUT2D eigenvalue weighted by atomic mass is 10.2. The Hall–Kier alpha value is -0.790. The van der Waals surface area contributed by atoms with Gasteiger partial charge in [0.15, 0.2) is 0 Å². The van der Waals surface area contributed by atoms with Crippen LogP contribution in [0.2, 0.25) is 0 Å². The Morgan fingerprint density at radius 2 is 1.95 bits per heavy atom. The second kappa shape index (κ2) is 7.72. The lowest BCUT2D eigenvalue weighted by molar-refractivity contribution is -0.139. The van der Waals surface area contributed by atoms with Crippen LogP contribution in [0.1, 0.15) is 12.0 Å². The summed E-state index contributed by atoms with van der Waals surface area (Å²) in [5.41, 5.74) is 0.786. The van der Waals surface area contributed by atoms with Gasteiger partial charge in [0.25, 0.3) is 0 Å². The molecule has 0 amide bonds. The molecule has 1 rings (SSSR count). The third-order valence-electron chi connectivity index (χ3n) is 2.06. The predicted octanol–water partition coefficient (Wildman–Crippen LogP) is 3.90. The third kappa shape index (κ3) is 7.39. The van der Waals surface area contributed by atoms with Crippen molar-refractivity contribution in [3.05, 3.63) is 28.2 Å². The minimum Gasteiger partial charge on any atom is -0.493 e. The van der Waals surface area contributed by atoms with Crippen molar-refractivity contribution >= 4 is 15.9 Å². The molecule has 0 aliphatic carbocycles. The van der Waals surface area contributed by atoms with E-state index in [0.29, 0.717) is 16.8 Å². The van der Waals surface area contributed by atoms with Crippen LogP contribution >= 0.6 is 15.9 Å². The van der Waals surface area contributed by atoms with Crippen molar-refractivity contribution in [3.8, 4) is 5.75 Å². The smallest absolute Gasteiger partial charge is 0.392 e. The van der Waals surface area contributed by atoms with E-state index in [-0.39, 0.29) is 6.79 Å². The molecule has 0 spiro atoms. The summed E-state index contributed by atoms with van der Waals surface area (Å²) in [5, 5.41) is 0. The van der Waals surface area contributed by atoms with E-state index in [0.717, 1.165) is 5.56 Å². The van der Waals surface area contributed by atoms with Crippen LogP contribution in [0.5, 0.6) is 5.75 Å². The van der Waals surface area contributed by atoms with E-state index in [1.807, 2.05) is 0 Å². The molecule has 0 aromatic heterocycles. The Bertz CT molecular complexity index is 396. The largest absolute Gasteiger partial charge is 0.493 e. The Labute approximate surface area is 117 Å². The highest BCUT2D eigenvalue weighted by molar-refractivity contribution is 9.10. The Kier molecular flexibility index (Phi) is 6.60. The van der Waals surface area contributed by atoms with Gasteiger partial charge in [0, 0.05) is 11.6 Å². The molecule has 0 saturated heterocycles. The van der Waals surface area contributed by atoms with E-state index < -0.39 is 19.2 Å². The number of rotatable bonds is 7. The molecule has 0 heterocycles. The van der Waals surface area contributed by atoms with Gasteiger partial charge in [0.2, 0.25) is 0 Å². The second-order valence-electron chi connectivity index (χ2n) is 3.76. The zero-order valence-corrected chi connectivity index (χ0v) is 11.9. The van der Waals surface area contributed by atoms with Gasteiger partial charge in [-0.1, -0.05) is 15.9 Å². The summed E-state index contributed by atoms with van der Waals surface area (Å²) in [6, 6.07) is 5.04. The molecule has 0 bridgehead atoms. The summed E-state index contributed by atoms with van der Waals surface area (Å²) in [4.78, 5) is 0. The Morgan fingerprint density at radius 1 is 1.21 bits per heavy atom. The first-order chi connectivity index (χ1) is 8.90. The molecular weight excluding hydrogens is 329 g/mol. The van der Waals surface area contributed by atoms with Gasteiger partial charge in [0.1, 0.15) is 12.5 Å². The van der Waals surface area contributed by atoms with Gasteiger partial charge in [-0.25, -0.2) is 0 Å². The average molecular weight is 343 g/mol. The van der Waals surface area contributed by atoms with Gasteiger partial charge in [0.05, 0.1) is 19.6 Å². The fraction of sp³-hybridized carbons (Fsp3) is 0.500. The SMILES string of the molecule is COCOCc1cc(Br)cc(OCCC(F)(F)F)c1. The van der Waals surface area contributed by atoms with Crippen LogP contribution in [-0.4, -0.2) is 26.7 Å². The van der Waals surface area contributed by atoms with Gasteiger partial charge in [-0.2, -0.15) is 13.2 Å². The molecule has 0 radical (unpaired) electrons. The molecule has 0 unspecified atom stereocenters. The van der Waals surface area contributed by atoms with Crippen molar-refractivity contribution < 1.29 is 27.4 Å². The van der Waals surface area contributed by atoms with Gasteiger partial charge < -0.3 is 14.2 Å². The van der Waals surface area contributed by atoms with E-state index in [1.54, 1.807) is 18.2 Å². The summed E-state index contributed by atoms with van der Waals surface area (Å²) >= 11 is 3.26. The molecular formula is C12H14BrF3O3. The molecule has 0 atom stereocenters. The number of benzene rings is 1. The van der Waals surface area contributed by atoms with Crippen molar-refractivity contribution in [2.45, 2.75) is 19.2 Å². The standard InChI is InChI=1S/C12H14BrF3O3/c1-17-8-18-7-9-4-10(13)6-11(5-9)19-3-2-12(14,15)16/h4-6H,2-3,7-8H2,1H3. The maximum atomic E-state index is 12.0. The lowest BCUT2D eigenvalue weighted by Crippen LogP contribution is -2.13. The fourth-order valence-corrected chi connectivity index (χ4v) is 1.83. The summed E-state index contributed by atoms with van der Waals surface area (Å²) in [5.74, 6) is 0.370. The molecule has 0 N–H and O–H groups in total. The Morgan fingerprint density at radius 3 is 2.58 bits per heavy atom. The zero-order chi connectivity index (χ0) is 14.3. The van der Waals surface area contributed by atoms with Crippen LogP contribution < -0.4 is 4.74 Å². The van der Waals surface area contributed by atoms with Gasteiger partial charge in [-0.3, -0.25) is 0 Å². The van der Waals surface area contributed by atoms with Crippen LogP contribution in [-0.2, 0) is 16.1 Å². The van der Waals surface area contributed by atoms with Crippen molar-refractivity contribution in [1.82, 2.24) is 0 Å². The van der Waals surface area contributed by atoms with Crippen LogP contribution in [0.15, 0.2) is 22.7 Å². The summed E-state index contributed by atoms with van der Waals surface area (Å²) in [7, 11) is 1.51. The molecule has 3 nitrogen and oxygen atoms in total. The van der Waals surface area contributed by atoms with Gasteiger partial charge in [-0.05, 0) is 23.8 Å². The quantitative estimate of drug-likeness (QED) is 0.555. The maximum Gasteiger partial charge on any atom is 0.392 e. The highest BCUT2D eigenvalue weighted by Crippen LogP contribution is 2.24. The van der Waals surface area contributed by atoms with Crippen LogP contribution in [0.3, 0.4) is 0 Å². The highest BCUT2D eigenvalue weighted by atomic mass is 79.9. The van der Waals surface area contributed by atoms with E-state index in [9.17, 15) is 13.2 Å². The third-order valence-corrected chi connectivity index (χ3v) is 2.51. The predicted molar refractivity (Wildman–Crippen MR) is 67.0 cm³/mol. The molecule has 0 aliphatic heterocycles. The molecule has 0 saturated carbocycles. The first kappa shape index (κ1) is 16.3. The van der Waals surface area contributed by atoms with Crippen molar-refractivity contribution in [1.29, 1.82) is 0 Å². The number of hydrogen-bond acceptors (Lipinski definition) is 3. The van der Waals surface area contributed by atoms with E-state index in [1.165, 1.54) is 7.11 Å². The van der Waals surface area contributed by atoms with Crippen molar-refractivity contribution in [3.63, 3.8) is 0 Å². The molecule has 0 aliphatic rings. The van der Waals surface area contributed by atoms with Crippen LogP contribution in [0.25, 0.3) is 0 Å². The van der Waals surface area contributed by atoms with Crippen molar-refractivity contribution in [2.24, 2.45) is 0 Å². The summed E-state index contributed by atoms with van der Waals surface area (Å²) < 4.78 is 51.7. The highest BCUT2D eigenvalue weighted by Gasteiger charge is 2.26. The molecule has 7 heteroatoms. The topological polar surface area (TPSA) is 27.7 Å². The van der Waals surface area contributed by atoms with Gasteiger partial charge >= 0.3 is 6.18 Å². The molecule has 108 valence electrons. The van der Waals surface area contributed by atoms with Crippen LogP contribution in [0.4, 0.5) is 13.2 Å². The summed E-state index contributed by atoms with van der Waals surface area (Å²) in [6.07, 6.45) is -5.19.